The first-order valence-electron chi connectivity index (χ1n) is 6.64. The second-order valence-electron chi connectivity index (χ2n) is 4.88. The van der Waals surface area contributed by atoms with Crippen LogP contribution in [0, 0.1) is 0 Å². The third-order valence-electron chi connectivity index (χ3n) is 3.32. The first-order valence-corrected chi connectivity index (χ1v) is 6.64. The minimum atomic E-state index is -4.16. The summed E-state index contributed by atoms with van der Waals surface area (Å²) >= 11 is 0. The largest absolute Gasteiger partial charge is 0.405 e. The lowest BCUT2D eigenvalue weighted by Gasteiger charge is -2.30. The van der Waals surface area contributed by atoms with Crippen LogP contribution in [0.4, 0.5) is 18.9 Å². The maximum absolute atomic E-state index is 12.7. The lowest BCUT2D eigenvalue weighted by atomic mass is 9.98. The molecule has 0 aliphatic carbocycles. The summed E-state index contributed by atoms with van der Waals surface area (Å²) < 4.78 is 38.1. The van der Waals surface area contributed by atoms with Crippen LogP contribution in [0.2, 0.25) is 0 Å². The highest BCUT2D eigenvalue weighted by atomic mass is 19.4. The van der Waals surface area contributed by atoms with Crippen molar-refractivity contribution in [1.82, 2.24) is 5.32 Å². The van der Waals surface area contributed by atoms with Crippen molar-refractivity contribution in [3.05, 3.63) is 29.3 Å². The summed E-state index contributed by atoms with van der Waals surface area (Å²) in [7, 11) is 0. The Hall–Kier alpha value is -1.23. The Bertz CT molecular complexity index is 429. The monoisotopic (exact) mass is 272 g/mol. The molecule has 0 aromatic heterocycles. The highest BCUT2D eigenvalue weighted by Gasteiger charge is 2.31. The van der Waals surface area contributed by atoms with Crippen LogP contribution in [0.3, 0.4) is 0 Å². The molecule has 5 heteroatoms. The third kappa shape index (κ3) is 3.62. The molecule has 1 N–H and O–H groups in total. The molecule has 1 aromatic carbocycles. The van der Waals surface area contributed by atoms with Crippen molar-refractivity contribution < 1.29 is 13.2 Å². The van der Waals surface area contributed by atoms with Gasteiger partial charge < -0.3 is 10.2 Å². The Labute approximate surface area is 111 Å². The summed E-state index contributed by atoms with van der Waals surface area (Å²) in [6.07, 6.45) is -2.66. The first kappa shape index (κ1) is 14.2. The van der Waals surface area contributed by atoms with Gasteiger partial charge in [0.25, 0.3) is 0 Å². The number of nitrogens with zero attached hydrogens (tertiary/aromatic N) is 1. The Morgan fingerprint density at radius 2 is 2.11 bits per heavy atom. The number of halogens is 3. The zero-order valence-corrected chi connectivity index (χ0v) is 11.1. The number of fused-ring (bicyclic) bond motifs is 1. The van der Waals surface area contributed by atoms with Gasteiger partial charge in [-0.05, 0) is 36.6 Å². The van der Waals surface area contributed by atoms with Gasteiger partial charge in [-0.15, -0.1) is 0 Å². The van der Waals surface area contributed by atoms with Gasteiger partial charge >= 0.3 is 6.18 Å². The van der Waals surface area contributed by atoms with Gasteiger partial charge in [-0.2, -0.15) is 13.2 Å². The van der Waals surface area contributed by atoms with Gasteiger partial charge in [-0.25, -0.2) is 0 Å². The van der Waals surface area contributed by atoms with Crippen LogP contribution in [-0.4, -0.2) is 25.8 Å². The maximum atomic E-state index is 12.7. The number of anilines is 1. The second kappa shape index (κ2) is 5.82. The molecular weight excluding hydrogens is 253 g/mol. The molecule has 0 bridgehead atoms. The fraction of sp³-hybridized carbons (Fsp3) is 0.571. The molecule has 106 valence electrons. The van der Waals surface area contributed by atoms with E-state index in [2.05, 4.69) is 5.32 Å². The highest BCUT2D eigenvalue weighted by molar-refractivity contribution is 5.57. The molecule has 0 unspecified atom stereocenters. The molecule has 1 aliphatic heterocycles. The standard InChI is InChI=1S/C14H19F3N2/c1-2-8-19(10-14(15,16)17)13-5-3-4-11-9-18-7-6-12(11)13/h3-5,18H,2,6-10H2,1H3. The van der Waals surface area contributed by atoms with E-state index in [0.717, 1.165) is 36.3 Å². The zero-order chi connectivity index (χ0) is 13.9. The predicted molar refractivity (Wildman–Crippen MR) is 70.4 cm³/mol. The Balaban J connectivity index is 2.30. The molecule has 0 saturated carbocycles. The molecule has 0 spiro atoms. The average molecular weight is 272 g/mol. The van der Waals surface area contributed by atoms with E-state index in [0.29, 0.717) is 13.0 Å². The number of benzene rings is 1. The van der Waals surface area contributed by atoms with Gasteiger partial charge in [0.15, 0.2) is 0 Å². The van der Waals surface area contributed by atoms with E-state index in [1.165, 1.54) is 4.90 Å². The third-order valence-corrected chi connectivity index (χ3v) is 3.32. The van der Waals surface area contributed by atoms with Gasteiger partial charge in [-0.1, -0.05) is 19.1 Å². The molecule has 0 saturated heterocycles. The molecule has 0 fully saturated rings. The summed E-state index contributed by atoms with van der Waals surface area (Å²) in [5, 5.41) is 3.25. The average Bonchev–Trinajstić information content (AvgIpc) is 2.36. The molecule has 1 heterocycles. The maximum Gasteiger partial charge on any atom is 0.405 e. The van der Waals surface area contributed by atoms with Crippen molar-refractivity contribution in [2.45, 2.75) is 32.5 Å². The van der Waals surface area contributed by atoms with Crippen molar-refractivity contribution in [1.29, 1.82) is 0 Å². The second-order valence-corrected chi connectivity index (χ2v) is 4.88. The Kier molecular flexibility index (Phi) is 4.34. The SMILES string of the molecule is CCCN(CC(F)(F)F)c1cccc2c1CCNC2. The summed E-state index contributed by atoms with van der Waals surface area (Å²) in [5.74, 6) is 0. The molecule has 1 aliphatic rings. The van der Waals surface area contributed by atoms with Crippen LogP contribution < -0.4 is 10.2 Å². The van der Waals surface area contributed by atoms with Gasteiger partial charge in [0.1, 0.15) is 6.54 Å². The van der Waals surface area contributed by atoms with E-state index in [9.17, 15) is 13.2 Å². The van der Waals surface area contributed by atoms with Gasteiger partial charge in [0.2, 0.25) is 0 Å². The Morgan fingerprint density at radius 3 is 2.79 bits per heavy atom. The molecular formula is C14H19F3N2. The number of alkyl halides is 3. The van der Waals surface area contributed by atoms with E-state index in [1.807, 2.05) is 25.1 Å². The molecule has 19 heavy (non-hydrogen) atoms. The van der Waals surface area contributed by atoms with Crippen molar-refractivity contribution in [3.63, 3.8) is 0 Å². The summed E-state index contributed by atoms with van der Waals surface area (Å²) in [4.78, 5) is 1.46. The minimum absolute atomic E-state index is 0.434. The van der Waals surface area contributed by atoms with Crippen LogP contribution >= 0.6 is 0 Å². The van der Waals surface area contributed by atoms with Gasteiger partial charge in [-0.3, -0.25) is 0 Å². The fourth-order valence-electron chi connectivity index (χ4n) is 2.58. The van der Waals surface area contributed by atoms with Crippen LogP contribution in [0.25, 0.3) is 0 Å². The molecule has 2 nitrogen and oxygen atoms in total. The van der Waals surface area contributed by atoms with E-state index < -0.39 is 12.7 Å². The predicted octanol–water partition coefficient (Wildman–Crippen LogP) is 3.11. The van der Waals surface area contributed by atoms with E-state index in [4.69, 9.17) is 0 Å². The van der Waals surface area contributed by atoms with Crippen molar-refractivity contribution in [2.24, 2.45) is 0 Å². The molecule has 0 radical (unpaired) electrons. The minimum Gasteiger partial charge on any atom is -0.362 e. The van der Waals surface area contributed by atoms with Crippen LogP contribution in [0.1, 0.15) is 24.5 Å². The first-order chi connectivity index (χ1) is 9.01. The van der Waals surface area contributed by atoms with Crippen LogP contribution in [0.15, 0.2) is 18.2 Å². The van der Waals surface area contributed by atoms with Gasteiger partial charge in [0, 0.05) is 18.8 Å². The van der Waals surface area contributed by atoms with Crippen molar-refractivity contribution >= 4 is 5.69 Å². The van der Waals surface area contributed by atoms with Crippen LogP contribution in [-0.2, 0) is 13.0 Å². The van der Waals surface area contributed by atoms with E-state index in [-0.39, 0.29) is 0 Å². The number of hydrogen-bond acceptors (Lipinski definition) is 2. The lowest BCUT2D eigenvalue weighted by Crippen LogP contribution is -2.36. The fourth-order valence-corrected chi connectivity index (χ4v) is 2.58. The van der Waals surface area contributed by atoms with E-state index in [1.54, 1.807) is 0 Å². The van der Waals surface area contributed by atoms with E-state index >= 15 is 0 Å². The Morgan fingerprint density at radius 1 is 1.32 bits per heavy atom. The van der Waals surface area contributed by atoms with Gasteiger partial charge in [0.05, 0.1) is 0 Å². The summed E-state index contributed by atoms with van der Waals surface area (Å²) in [5.41, 5.74) is 2.93. The molecule has 1 aromatic rings. The van der Waals surface area contributed by atoms with Crippen LogP contribution in [0.5, 0.6) is 0 Å². The van der Waals surface area contributed by atoms with Crippen molar-refractivity contribution in [3.8, 4) is 0 Å². The van der Waals surface area contributed by atoms with Crippen molar-refractivity contribution in [2.75, 3.05) is 24.5 Å². The highest BCUT2D eigenvalue weighted by Crippen LogP contribution is 2.29. The molecule has 2 rings (SSSR count). The number of rotatable bonds is 4. The topological polar surface area (TPSA) is 15.3 Å². The molecule has 0 amide bonds. The smallest absolute Gasteiger partial charge is 0.362 e. The summed E-state index contributed by atoms with van der Waals surface area (Å²) in [6.45, 7) is 3.04. The zero-order valence-electron chi connectivity index (χ0n) is 11.1. The normalized spacial score (nSPS) is 15.2. The summed E-state index contributed by atoms with van der Waals surface area (Å²) in [6, 6.07) is 5.65. The quantitative estimate of drug-likeness (QED) is 0.906. The molecule has 0 atom stereocenters. The lowest BCUT2D eigenvalue weighted by molar-refractivity contribution is -0.119. The number of nitrogens with one attached hydrogen (secondary N) is 1. The number of hydrogen-bond donors (Lipinski definition) is 1.